The van der Waals surface area contributed by atoms with E-state index < -0.39 is 11.9 Å². The molecule has 0 aromatic heterocycles. The molecule has 1 saturated heterocycles. The standard InChI is InChI=1S/C22H23BrN2.C2H2O4/c23-21-10-8-18(9-11-21)16-24-12-14-25(15-13-24)17-20-6-3-5-19-4-1-2-7-22(19)20;3-1(4)2(5)6/h1-11H,12-17H2;(H,3,4)(H,5,6). The SMILES string of the molecule is Brc1ccc(CN2CCN(Cc3cccc4ccccc34)CC2)cc1.O=C(O)C(=O)O. The van der Waals surface area contributed by atoms with Crippen molar-refractivity contribution in [3.63, 3.8) is 0 Å². The maximum atomic E-state index is 9.10. The third-order valence-electron chi connectivity index (χ3n) is 5.24. The highest BCUT2D eigenvalue weighted by Crippen LogP contribution is 2.21. The van der Waals surface area contributed by atoms with Crippen molar-refractivity contribution in [1.29, 1.82) is 0 Å². The number of aliphatic carboxylic acids is 2. The Bertz CT molecular complexity index is 1010. The molecule has 7 heteroatoms. The lowest BCUT2D eigenvalue weighted by atomic mass is 10.0. The molecule has 0 saturated carbocycles. The average Bonchev–Trinajstić information content (AvgIpc) is 2.77. The van der Waals surface area contributed by atoms with Gasteiger partial charge in [-0.25, -0.2) is 9.59 Å². The molecule has 1 heterocycles. The van der Waals surface area contributed by atoms with E-state index in [1.54, 1.807) is 0 Å². The number of nitrogens with zero attached hydrogens (tertiary/aromatic N) is 2. The average molecular weight is 485 g/mol. The van der Waals surface area contributed by atoms with Crippen molar-refractivity contribution >= 4 is 38.6 Å². The number of piperazine rings is 1. The third-order valence-corrected chi connectivity index (χ3v) is 5.77. The van der Waals surface area contributed by atoms with E-state index in [1.807, 2.05) is 0 Å². The van der Waals surface area contributed by atoms with Gasteiger partial charge in [0.2, 0.25) is 0 Å². The van der Waals surface area contributed by atoms with Crippen LogP contribution in [0.4, 0.5) is 0 Å². The number of rotatable bonds is 4. The molecular weight excluding hydrogens is 460 g/mol. The van der Waals surface area contributed by atoms with E-state index in [0.717, 1.165) is 43.7 Å². The number of hydrogen-bond acceptors (Lipinski definition) is 4. The van der Waals surface area contributed by atoms with Gasteiger partial charge >= 0.3 is 11.9 Å². The van der Waals surface area contributed by atoms with Gasteiger partial charge in [0, 0.05) is 43.7 Å². The number of halogens is 1. The molecule has 0 spiro atoms. The van der Waals surface area contributed by atoms with Crippen LogP contribution in [0.25, 0.3) is 10.8 Å². The minimum absolute atomic E-state index is 1.05. The zero-order chi connectivity index (χ0) is 22.2. The van der Waals surface area contributed by atoms with E-state index in [2.05, 4.69) is 92.5 Å². The highest BCUT2D eigenvalue weighted by Gasteiger charge is 2.17. The minimum atomic E-state index is -1.82. The molecule has 0 bridgehead atoms. The fraction of sp³-hybridized carbons (Fsp3) is 0.250. The Balaban J connectivity index is 0.000000401. The van der Waals surface area contributed by atoms with E-state index in [-0.39, 0.29) is 0 Å². The largest absolute Gasteiger partial charge is 0.473 e. The molecule has 4 rings (SSSR count). The van der Waals surface area contributed by atoms with E-state index in [1.165, 1.54) is 21.9 Å². The highest BCUT2D eigenvalue weighted by atomic mass is 79.9. The summed E-state index contributed by atoms with van der Waals surface area (Å²) < 4.78 is 1.15. The predicted molar refractivity (Wildman–Crippen MR) is 124 cm³/mol. The maximum Gasteiger partial charge on any atom is 0.414 e. The van der Waals surface area contributed by atoms with Crippen LogP contribution in [0.15, 0.2) is 71.2 Å². The summed E-state index contributed by atoms with van der Waals surface area (Å²) in [6, 6.07) is 24.1. The van der Waals surface area contributed by atoms with Crippen LogP contribution in [0.3, 0.4) is 0 Å². The molecule has 1 fully saturated rings. The number of fused-ring (bicyclic) bond motifs is 1. The van der Waals surface area contributed by atoms with Gasteiger partial charge in [0.15, 0.2) is 0 Å². The smallest absolute Gasteiger partial charge is 0.414 e. The Labute approximate surface area is 189 Å². The Kier molecular flexibility index (Phi) is 8.17. The molecule has 0 radical (unpaired) electrons. The van der Waals surface area contributed by atoms with Crippen LogP contribution < -0.4 is 0 Å². The Morgan fingerprint density at radius 3 is 1.90 bits per heavy atom. The van der Waals surface area contributed by atoms with Crippen molar-refractivity contribution in [3.05, 3.63) is 82.3 Å². The lowest BCUT2D eigenvalue weighted by Gasteiger charge is -2.35. The minimum Gasteiger partial charge on any atom is -0.473 e. The molecule has 1 aliphatic rings. The van der Waals surface area contributed by atoms with E-state index >= 15 is 0 Å². The first-order valence-corrected chi connectivity index (χ1v) is 10.8. The van der Waals surface area contributed by atoms with Crippen LogP contribution in [0.2, 0.25) is 0 Å². The maximum absolute atomic E-state index is 9.10. The molecule has 0 aliphatic carbocycles. The molecule has 3 aromatic carbocycles. The van der Waals surface area contributed by atoms with Crippen LogP contribution in [-0.4, -0.2) is 58.1 Å². The summed E-state index contributed by atoms with van der Waals surface area (Å²) in [6.45, 7) is 6.66. The van der Waals surface area contributed by atoms with Gasteiger partial charge in [0.05, 0.1) is 0 Å². The molecule has 0 amide bonds. The van der Waals surface area contributed by atoms with Crippen LogP contribution in [0, 0.1) is 0 Å². The molecular formula is C24H25BrN2O4. The van der Waals surface area contributed by atoms with Gasteiger partial charge in [-0.2, -0.15) is 0 Å². The predicted octanol–water partition coefficient (Wildman–Crippen LogP) is 4.08. The summed E-state index contributed by atoms with van der Waals surface area (Å²) in [7, 11) is 0. The first kappa shape index (κ1) is 22.9. The topological polar surface area (TPSA) is 81.1 Å². The Morgan fingerprint density at radius 1 is 0.742 bits per heavy atom. The van der Waals surface area contributed by atoms with Gasteiger partial charge in [0.1, 0.15) is 0 Å². The Hall–Kier alpha value is -2.74. The van der Waals surface area contributed by atoms with Gasteiger partial charge in [-0.3, -0.25) is 9.80 Å². The number of hydrogen-bond donors (Lipinski definition) is 2. The lowest BCUT2D eigenvalue weighted by molar-refractivity contribution is -0.159. The number of benzene rings is 3. The fourth-order valence-corrected chi connectivity index (χ4v) is 3.89. The zero-order valence-corrected chi connectivity index (χ0v) is 18.7. The van der Waals surface area contributed by atoms with Crippen molar-refractivity contribution in [2.45, 2.75) is 13.1 Å². The molecule has 0 unspecified atom stereocenters. The summed E-state index contributed by atoms with van der Waals surface area (Å²) >= 11 is 3.51. The van der Waals surface area contributed by atoms with Crippen LogP contribution >= 0.6 is 15.9 Å². The van der Waals surface area contributed by atoms with Crippen molar-refractivity contribution in [2.24, 2.45) is 0 Å². The summed E-state index contributed by atoms with van der Waals surface area (Å²) in [5.74, 6) is -3.65. The second-order valence-electron chi connectivity index (χ2n) is 7.43. The first-order chi connectivity index (χ1) is 14.9. The van der Waals surface area contributed by atoms with Gasteiger partial charge in [-0.1, -0.05) is 70.5 Å². The van der Waals surface area contributed by atoms with E-state index in [0.29, 0.717) is 0 Å². The van der Waals surface area contributed by atoms with Crippen LogP contribution in [0.5, 0.6) is 0 Å². The molecule has 3 aromatic rings. The van der Waals surface area contributed by atoms with Crippen LogP contribution in [0.1, 0.15) is 11.1 Å². The monoisotopic (exact) mass is 484 g/mol. The second kappa shape index (κ2) is 11.0. The first-order valence-electron chi connectivity index (χ1n) is 10.0. The third kappa shape index (κ3) is 6.89. The van der Waals surface area contributed by atoms with Crippen molar-refractivity contribution in [2.75, 3.05) is 26.2 Å². The summed E-state index contributed by atoms with van der Waals surface area (Å²) in [4.78, 5) is 23.3. The van der Waals surface area contributed by atoms with E-state index in [4.69, 9.17) is 19.8 Å². The number of carboxylic acids is 2. The van der Waals surface area contributed by atoms with Crippen molar-refractivity contribution < 1.29 is 19.8 Å². The number of carboxylic acid groups (broad SMARTS) is 2. The van der Waals surface area contributed by atoms with Gasteiger partial charge in [0.25, 0.3) is 0 Å². The van der Waals surface area contributed by atoms with Gasteiger partial charge in [-0.15, -0.1) is 0 Å². The molecule has 0 atom stereocenters. The van der Waals surface area contributed by atoms with Crippen LogP contribution in [-0.2, 0) is 22.7 Å². The molecule has 162 valence electrons. The normalized spacial score (nSPS) is 14.6. The summed E-state index contributed by atoms with van der Waals surface area (Å²) in [5, 5.41) is 17.5. The molecule has 1 aliphatic heterocycles. The lowest BCUT2D eigenvalue weighted by Crippen LogP contribution is -2.45. The summed E-state index contributed by atoms with van der Waals surface area (Å²) in [6.07, 6.45) is 0. The zero-order valence-electron chi connectivity index (χ0n) is 17.1. The quantitative estimate of drug-likeness (QED) is 0.543. The van der Waals surface area contributed by atoms with Crippen molar-refractivity contribution in [1.82, 2.24) is 9.80 Å². The van der Waals surface area contributed by atoms with Gasteiger partial charge < -0.3 is 10.2 Å². The molecule has 6 nitrogen and oxygen atoms in total. The molecule has 31 heavy (non-hydrogen) atoms. The van der Waals surface area contributed by atoms with E-state index in [9.17, 15) is 0 Å². The number of carbonyl (C=O) groups is 2. The summed E-state index contributed by atoms with van der Waals surface area (Å²) in [5.41, 5.74) is 2.84. The molecule has 2 N–H and O–H groups in total. The fourth-order valence-electron chi connectivity index (χ4n) is 3.62. The van der Waals surface area contributed by atoms with Gasteiger partial charge in [-0.05, 0) is 34.0 Å². The Morgan fingerprint density at radius 2 is 1.29 bits per heavy atom. The highest BCUT2D eigenvalue weighted by molar-refractivity contribution is 9.10. The van der Waals surface area contributed by atoms with Crippen molar-refractivity contribution in [3.8, 4) is 0 Å². The second-order valence-corrected chi connectivity index (χ2v) is 8.34.